The van der Waals surface area contributed by atoms with Crippen LogP contribution in [0.5, 0.6) is 5.75 Å². The normalized spacial score (nSPS) is 9.23. The molecule has 0 fully saturated rings. The molecule has 1 rings (SSSR count). The molecule has 1 aromatic carbocycles. The molecule has 2 N–H and O–H groups in total. The van der Waals surface area contributed by atoms with E-state index in [-0.39, 0.29) is 0 Å². The predicted octanol–water partition coefficient (Wildman–Crippen LogP) is 2.43. The van der Waals surface area contributed by atoms with Crippen molar-refractivity contribution in [2.24, 2.45) is 0 Å². The van der Waals surface area contributed by atoms with Crippen LogP contribution in [0.15, 0.2) is 22.7 Å². The molecule has 13 heavy (non-hydrogen) atoms. The maximum atomic E-state index is 5.61. The summed E-state index contributed by atoms with van der Waals surface area (Å²) in [6, 6.07) is 5.43. The minimum atomic E-state index is 0.520. The molecule has 0 aliphatic heterocycles. The summed E-state index contributed by atoms with van der Waals surface area (Å²) in [7, 11) is 0. The first kappa shape index (κ1) is 9.94. The number of rotatable bonds is 3. The van der Waals surface area contributed by atoms with Gasteiger partial charge in [-0.25, -0.2) is 0 Å². The number of hydrogen-bond acceptors (Lipinski definition) is 2. The smallest absolute Gasteiger partial charge is 0.122 e. The Kier molecular flexibility index (Phi) is 3.66. The van der Waals surface area contributed by atoms with E-state index in [0.29, 0.717) is 18.7 Å². The van der Waals surface area contributed by atoms with Gasteiger partial charge >= 0.3 is 0 Å². The third kappa shape index (κ3) is 3.39. The van der Waals surface area contributed by atoms with Crippen molar-refractivity contribution in [3.8, 4) is 18.1 Å². The molecule has 0 unspecified atom stereocenters. The SMILES string of the molecule is C#CCCOc1cc(N)cc(Br)c1. The number of benzene rings is 1. The Morgan fingerprint density at radius 1 is 1.46 bits per heavy atom. The second-order valence-corrected chi connectivity index (χ2v) is 3.44. The largest absolute Gasteiger partial charge is 0.492 e. The molecule has 2 nitrogen and oxygen atoms in total. The summed E-state index contributed by atoms with van der Waals surface area (Å²) in [4.78, 5) is 0. The zero-order valence-electron chi connectivity index (χ0n) is 7.09. The van der Waals surface area contributed by atoms with Crippen LogP contribution in [0.25, 0.3) is 0 Å². The van der Waals surface area contributed by atoms with E-state index in [1.54, 1.807) is 6.07 Å². The summed E-state index contributed by atoms with van der Waals surface area (Å²) in [6.45, 7) is 0.520. The van der Waals surface area contributed by atoms with Crippen molar-refractivity contribution in [3.63, 3.8) is 0 Å². The molecule has 0 aromatic heterocycles. The van der Waals surface area contributed by atoms with Gasteiger partial charge in [0.25, 0.3) is 0 Å². The van der Waals surface area contributed by atoms with Crippen molar-refractivity contribution in [3.05, 3.63) is 22.7 Å². The summed E-state index contributed by atoms with van der Waals surface area (Å²) in [5.41, 5.74) is 6.28. The van der Waals surface area contributed by atoms with Crippen LogP contribution < -0.4 is 10.5 Å². The van der Waals surface area contributed by atoms with Gasteiger partial charge in [-0.2, -0.15) is 0 Å². The minimum absolute atomic E-state index is 0.520. The van der Waals surface area contributed by atoms with E-state index in [1.165, 1.54) is 0 Å². The molecule has 0 aliphatic carbocycles. The van der Waals surface area contributed by atoms with Crippen LogP contribution >= 0.6 is 15.9 Å². The summed E-state index contributed by atoms with van der Waals surface area (Å²) >= 11 is 3.32. The highest BCUT2D eigenvalue weighted by atomic mass is 79.9. The lowest BCUT2D eigenvalue weighted by Gasteiger charge is -2.05. The molecule has 68 valence electrons. The second kappa shape index (κ2) is 4.78. The van der Waals surface area contributed by atoms with Crippen LogP contribution in [0, 0.1) is 12.3 Å². The van der Waals surface area contributed by atoms with Gasteiger partial charge in [-0.1, -0.05) is 15.9 Å². The second-order valence-electron chi connectivity index (χ2n) is 2.52. The van der Waals surface area contributed by atoms with Crippen molar-refractivity contribution in [2.75, 3.05) is 12.3 Å². The van der Waals surface area contributed by atoms with Gasteiger partial charge in [0.05, 0.1) is 6.61 Å². The molecular formula is C10H10BrNO. The summed E-state index contributed by atoms with van der Waals surface area (Å²) < 4.78 is 6.26. The molecule has 1 aromatic rings. The van der Waals surface area contributed by atoms with Gasteiger partial charge in [-0.3, -0.25) is 0 Å². The van der Waals surface area contributed by atoms with Crippen LogP contribution in [0.1, 0.15) is 6.42 Å². The van der Waals surface area contributed by atoms with Crippen LogP contribution in [-0.2, 0) is 0 Å². The Bertz CT molecular complexity index is 310. The third-order valence-corrected chi connectivity index (χ3v) is 1.87. The minimum Gasteiger partial charge on any atom is -0.492 e. The maximum absolute atomic E-state index is 5.61. The first-order valence-electron chi connectivity index (χ1n) is 3.84. The molecule has 0 heterocycles. The van der Waals surface area contributed by atoms with E-state index >= 15 is 0 Å². The van der Waals surface area contributed by atoms with Gasteiger partial charge in [0.2, 0.25) is 0 Å². The number of halogens is 1. The highest BCUT2D eigenvalue weighted by Crippen LogP contribution is 2.22. The summed E-state index contributed by atoms with van der Waals surface area (Å²) in [5.74, 6) is 3.24. The molecule has 0 amide bonds. The predicted molar refractivity (Wildman–Crippen MR) is 57.5 cm³/mol. The highest BCUT2D eigenvalue weighted by molar-refractivity contribution is 9.10. The van der Waals surface area contributed by atoms with Crippen molar-refractivity contribution < 1.29 is 4.74 Å². The molecule has 3 heteroatoms. The number of hydrogen-bond donors (Lipinski definition) is 1. The summed E-state index contributed by atoms with van der Waals surface area (Å²) in [5, 5.41) is 0. The quantitative estimate of drug-likeness (QED) is 0.500. The monoisotopic (exact) mass is 239 g/mol. The van der Waals surface area contributed by atoms with E-state index in [2.05, 4.69) is 21.9 Å². The first-order chi connectivity index (χ1) is 6.22. The number of nitrogen functional groups attached to an aromatic ring is 1. The first-order valence-corrected chi connectivity index (χ1v) is 4.64. The number of anilines is 1. The van der Waals surface area contributed by atoms with Gasteiger partial charge in [-0.05, 0) is 12.1 Å². The van der Waals surface area contributed by atoms with Gasteiger partial charge in [0.1, 0.15) is 5.75 Å². The average molecular weight is 240 g/mol. The number of terminal acetylenes is 1. The van der Waals surface area contributed by atoms with Crippen LogP contribution in [-0.4, -0.2) is 6.61 Å². The Morgan fingerprint density at radius 2 is 2.23 bits per heavy atom. The van der Waals surface area contributed by atoms with E-state index in [4.69, 9.17) is 16.9 Å². The Balaban J connectivity index is 2.62. The molecule has 0 spiro atoms. The average Bonchev–Trinajstić information content (AvgIpc) is 2.03. The Labute approximate surface area is 86.2 Å². The van der Waals surface area contributed by atoms with E-state index < -0.39 is 0 Å². The Hall–Kier alpha value is -1.14. The molecule has 0 radical (unpaired) electrons. The van der Waals surface area contributed by atoms with Gasteiger partial charge in [-0.15, -0.1) is 12.3 Å². The van der Waals surface area contributed by atoms with Crippen molar-refractivity contribution in [1.29, 1.82) is 0 Å². The fourth-order valence-corrected chi connectivity index (χ4v) is 1.39. The topological polar surface area (TPSA) is 35.2 Å². The maximum Gasteiger partial charge on any atom is 0.122 e. The molecule has 0 aliphatic rings. The molecule has 0 saturated carbocycles. The van der Waals surface area contributed by atoms with Crippen molar-refractivity contribution in [1.82, 2.24) is 0 Å². The summed E-state index contributed by atoms with van der Waals surface area (Å²) in [6.07, 6.45) is 5.69. The third-order valence-electron chi connectivity index (χ3n) is 1.41. The van der Waals surface area contributed by atoms with E-state index in [9.17, 15) is 0 Å². The number of ether oxygens (including phenoxy) is 1. The fraction of sp³-hybridized carbons (Fsp3) is 0.200. The van der Waals surface area contributed by atoms with Crippen LogP contribution in [0.4, 0.5) is 5.69 Å². The van der Waals surface area contributed by atoms with Gasteiger partial charge < -0.3 is 10.5 Å². The van der Waals surface area contributed by atoms with Gasteiger partial charge in [0.15, 0.2) is 0 Å². The molecule has 0 saturated heterocycles. The zero-order valence-corrected chi connectivity index (χ0v) is 8.67. The fourth-order valence-electron chi connectivity index (χ4n) is 0.896. The van der Waals surface area contributed by atoms with Crippen LogP contribution in [0.2, 0.25) is 0 Å². The number of nitrogens with two attached hydrogens (primary N) is 1. The zero-order chi connectivity index (χ0) is 9.68. The van der Waals surface area contributed by atoms with Crippen LogP contribution in [0.3, 0.4) is 0 Å². The van der Waals surface area contributed by atoms with Crippen molar-refractivity contribution >= 4 is 21.6 Å². The van der Waals surface area contributed by atoms with Crippen molar-refractivity contribution in [2.45, 2.75) is 6.42 Å². The lowest BCUT2D eigenvalue weighted by Crippen LogP contribution is -1.96. The Morgan fingerprint density at radius 3 is 2.85 bits per heavy atom. The van der Waals surface area contributed by atoms with Gasteiger partial charge in [0, 0.05) is 22.6 Å². The highest BCUT2D eigenvalue weighted by Gasteiger charge is 1.96. The molecular weight excluding hydrogens is 230 g/mol. The standard InChI is InChI=1S/C10H10BrNO/c1-2-3-4-13-10-6-8(11)5-9(12)7-10/h1,5-7H,3-4,12H2. The lowest BCUT2D eigenvalue weighted by atomic mass is 10.3. The van der Waals surface area contributed by atoms with E-state index in [0.717, 1.165) is 10.2 Å². The molecule has 0 atom stereocenters. The molecule has 0 bridgehead atoms. The van der Waals surface area contributed by atoms with E-state index in [1.807, 2.05) is 12.1 Å². The lowest BCUT2D eigenvalue weighted by molar-refractivity contribution is 0.327.